The zero-order valence-electron chi connectivity index (χ0n) is 8.13. The van der Waals surface area contributed by atoms with Crippen molar-refractivity contribution in [2.75, 3.05) is 0 Å². The Kier molecular flexibility index (Phi) is 3.67. The molecule has 1 heterocycles. The standard InChI is InChI=1S/C8H3F6NO3/c9-4-2(7(16)17)1-3(18-8(12,13)14)15-5(4)6(10)11/h1,6H,(H,16,17). The van der Waals surface area contributed by atoms with E-state index in [1.165, 1.54) is 0 Å². The van der Waals surface area contributed by atoms with E-state index in [0.717, 1.165) is 0 Å². The monoisotopic (exact) mass is 275 g/mol. The molecule has 1 rings (SSSR count). The van der Waals surface area contributed by atoms with Crippen LogP contribution in [0.15, 0.2) is 6.07 Å². The van der Waals surface area contributed by atoms with E-state index in [1.807, 2.05) is 0 Å². The number of pyridine rings is 1. The number of carboxylic acid groups (broad SMARTS) is 1. The minimum absolute atomic E-state index is 0.0665. The minimum atomic E-state index is -5.26. The molecule has 0 aromatic carbocycles. The first-order valence-corrected chi connectivity index (χ1v) is 4.09. The van der Waals surface area contributed by atoms with Crippen LogP contribution < -0.4 is 4.74 Å². The first kappa shape index (κ1) is 14.1. The van der Waals surface area contributed by atoms with Gasteiger partial charge in [0.2, 0.25) is 5.88 Å². The third kappa shape index (κ3) is 3.25. The predicted molar refractivity (Wildman–Crippen MR) is 42.8 cm³/mol. The third-order valence-corrected chi connectivity index (χ3v) is 1.62. The van der Waals surface area contributed by atoms with E-state index in [9.17, 15) is 31.1 Å². The summed E-state index contributed by atoms with van der Waals surface area (Å²) in [6.07, 6.45) is -8.85. The number of ether oxygens (including phenoxy) is 1. The molecule has 18 heavy (non-hydrogen) atoms. The lowest BCUT2D eigenvalue weighted by molar-refractivity contribution is -0.276. The molecular formula is C8H3F6NO3. The predicted octanol–water partition coefficient (Wildman–Crippen LogP) is 2.76. The van der Waals surface area contributed by atoms with Gasteiger partial charge in [0.25, 0.3) is 6.43 Å². The first-order chi connectivity index (χ1) is 8.11. The number of halogens is 6. The van der Waals surface area contributed by atoms with Crippen molar-refractivity contribution in [1.29, 1.82) is 0 Å². The van der Waals surface area contributed by atoms with Crippen LogP contribution >= 0.6 is 0 Å². The number of nitrogens with zero attached hydrogens (tertiary/aromatic N) is 1. The number of aromatic nitrogens is 1. The number of aromatic carboxylic acids is 1. The number of carbonyl (C=O) groups is 1. The van der Waals surface area contributed by atoms with Crippen LogP contribution in [-0.4, -0.2) is 22.4 Å². The van der Waals surface area contributed by atoms with Crippen LogP contribution in [0.3, 0.4) is 0 Å². The Morgan fingerprint density at radius 3 is 2.33 bits per heavy atom. The van der Waals surface area contributed by atoms with Gasteiger partial charge in [-0.2, -0.15) is 0 Å². The van der Waals surface area contributed by atoms with Crippen molar-refractivity contribution in [2.24, 2.45) is 0 Å². The van der Waals surface area contributed by atoms with Crippen molar-refractivity contribution < 1.29 is 41.0 Å². The van der Waals surface area contributed by atoms with Crippen LogP contribution in [-0.2, 0) is 0 Å². The quantitative estimate of drug-likeness (QED) is 0.862. The molecule has 100 valence electrons. The largest absolute Gasteiger partial charge is 0.574 e. The summed E-state index contributed by atoms with van der Waals surface area (Å²) in [5, 5.41) is 8.45. The van der Waals surface area contributed by atoms with E-state index in [0.29, 0.717) is 0 Å². The maximum absolute atomic E-state index is 13.1. The zero-order chi connectivity index (χ0) is 14.1. The summed E-state index contributed by atoms with van der Waals surface area (Å²) in [6, 6.07) is 0.0665. The van der Waals surface area contributed by atoms with E-state index in [-0.39, 0.29) is 6.07 Å². The van der Waals surface area contributed by atoms with Gasteiger partial charge in [-0.15, -0.1) is 13.2 Å². The molecule has 0 atom stereocenters. The van der Waals surface area contributed by atoms with E-state index in [4.69, 9.17) is 5.11 Å². The molecule has 10 heteroatoms. The Balaban J connectivity index is 3.34. The summed E-state index contributed by atoms with van der Waals surface area (Å²) in [5.74, 6) is -5.41. The second-order valence-corrected chi connectivity index (χ2v) is 2.86. The highest BCUT2D eigenvalue weighted by Gasteiger charge is 2.34. The molecule has 0 radical (unpaired) electrons. The van der Waals surface area contributed by atoms with Gasteiger partial charge in [-0.1, -0.05) is 0 Å². The summed E-state index contributed by atoms with van der Waals surface area (Å²) < 4.78 is 76.2. The summed E-state index contributed by atoms with van der Waals surface area (Å²) in [4.78, 5) is 13.0. The molecule has 4 nitrogen and oxygen atoms in total. The average molecular weight is 275 g/mol. The molecule has 0 amide bonds. The smallest absolute Gasteiger partial charge is 0.478 e. The molecule has 0 aliphatic carbocycles. The van der Waals surface area contributed by atoms with Crippen LogP contribution in [0.2, 0.25) is 0 Å². The number of carboxylic acids is 1. The molecule has 0 fully saturated rings. The molecule has 0 saturated carbocycles. The van der Waals surface area contributed by atoms with Crippen molar-refractivity contribution in [3.8, 4) is 5.88 Å². The number of hydrogen-bond acceptors (Lipinski definition) is 3. The second kappa shape index (κ2) is 4.70. The molecular weight excluding hydrogens is 272 g/mol. The lowest BCUT2D eigenvalue weighted by Gasteiger charge is -2.11. The number of hydrogen-bond donors (Lipinski definition) is 1. The van der Waals surface area contributed by atoms with Crippen molar-refractivity contribution in [3.63, 3.8) is 0 Å². The minimum Gasteiger partial charge on any atom is -0.478 e. The van der Waals surface area contributed by atoms with Gasteiger partial charge in [0.05, 0.1) is 0 Å². The highest BCUT2D eigenvalue weighted by atomic mass is 19.4. The van der Waals surface area contributed by atoms with Gasteiger partial charge < -0.3 is 9.84 Å². The fourth-order valence-corrected chi connectivity index (χ4v) is 0.996. The average Bonchev–Trinajstić information content (AvgIpc) is 2.17. The second-order valence-electron chi connectivity index (χ2n) is 2.86. The van der Waals surface area contributed by atoms with Crippen molar-refractivity contribution in [3.05, 3.63) is 23.1 Å². The molecule has 1 aromatic heterocycles. The Morgan fingerprint density at radius 1 is 1.39 bits per heavy atom. The van der Waals surface area contributed by atoms with Crippen LogP contribution in [0.5, 0.6) is 5.88 Å². The molecule has 0 aliphatic rings. The zero-order valence-corrected chi connectivity index (χ0v) is 8.13. The van der Waals surface area contributed by atoms with Gasteiger partial charge in [0.15, 0.2) is 5.82 Å². The molecule has 0 saturated heterocycles. The van der Waals surface area contributed by atoms with Crippen LogP contribution in [0.25, 0.3) is 0 Å². The normalized spacial score (nSPS) is 11.7. The van der Waals surface area contributed by atoms with Gasteiger partial charge >= 0.3 is 12.3 Å². The van der Waals surface area contributed by atoms with Gasteiger partial charge in [-0.05, 0) is 0 Å². The van der Waals surface area contributed by atoms with Gasteiger partial charge in [0, 0.05) is 6.07 Å². The summed E-state index contributed by atoms with van der Waals surface area (Å²) in [6.45, 7) is 0. The Labute approximate surface area is 94.8 Å². The lowest BCUT2D eigenvalue weighted by atomic mass is 10.2. The summed E-state index contributed by atoms with van der Waals surface area (Å²) in [5.41, 5.74) is -3.12. The number of alkyl halides is 5. The molecule has 0 bridgehead atoms. The highest BCUT2D eigenvalue weighted by Crippen LogP contribution is 2.28. The third-order valence-electron chi connectivity index (χ3n) is 1.62. The van der Waals surface area contributed by atoms with Gasteiger partial charge in [-0.25, -0.2) is 22.9 Å². The summed E-state index contributed by atoms with van der Waals surface area (Å²) in [7, 11) is 0. The first-order valence-electron chi connectivity index (χ1n) is 4.09. The highest BCUT2D eigenvalue weighted by molar-refractivity contribution is 5.88. The van der Waals surface area contributed by atoms with E-state index in [1.54, 1.807) is 0 Å². The Bertz CT molecular complexity index is 473. The fourth-order valence-electron chi connectivity index (χ4n) is 0.996. The maximum Gasteiger partial charge on any atom is 0.574 e. The van der Waals surface area contributed by atoms with Crippen LogP contribution in [0, 0.1) is 5.82 Å². The Morgan fingerprint density at radius 2 is 1.94 bits per heavy atom. The van der Waals surface area contributed by atoms with Crippen LogP contribution in [0.1, 0.15) is 22.5 Å². The molecule has 1 aromatic rings. The maximum atomic E-state index is 13.1. The lowest BCUT2D eigenvalue weighted by Crippen LogP contribution is -2.19. The van der Waals surface area contributed by atoms with Gasteiger partial charge in [-0.3, -0.25) is 0 Å². The molecule has 0 unspecified atom stereocenters. The summed E-state index contributed by atoms with van der Waals surface area (Å²) >= 11 is 0. The van der Waals surface area contributed by atoms with Crippen LogP contribution in [0.4, 0.5) is 26.3 Å². The van der Waals surface area contributed by atoms with Gasteiger partial charge in [0.1, 0.15) is 11.3 Å². The van der Waals surface area contributed by atoms with Crippen molar-refractivity contribution in [2.45, 2.75) is 12.8 Å². The van der Waals surface area contributed by atoms with E-state index < -0.39 is 41.7 Å². The van der Waals surface area contributed by atoms with Crippen molar-refractivity contribution in [1.82, 2.24) is 4.98 Å². The number of rotatable bonds is 3. The van der Waals surface area contributed by atoms with Crippen molar-refractivity contribution >= 4 is 5.97 Å². The topological polar surface area (TPSA) is 59.4 Å². The SMILES string of the molecule is O=C(O)c1cc(OC(F)(F)F)nc(C(F)F)c1F. The molecule has 0 spiro atoms. The molecule has 0 aliphatic heterocycles. The Hall–Kier alpha value is -2.00. The van der Waals surface area contributed by atoms with E-state index >= 15 is 0 Å². The fraction of sp³-hybridized carbons (Fsp3) is 0.250. The van der Waals surface area contributed by atoms with E-state index in [2.05, 4.69) is 9.72 Å². The molecule has 1 N–H and O–H groups in total.